The van der Waals surface area contributed by atoms with Crippen LogP contribution in [0, 0.1) is 0 Å². The Morgan fingerprint density at radius 2 is 1.96 bits per heavy atom. The van der Waals surface area contributed by atoms with Crippen molar-refractivity contribution in [1.82, 2.24) is 15.2 Å². The fourth-order valence-corrected chi connectivity index (χ4v) is 4.81. The number of hydrogen-bond acceptors (Lipinski definition) is 3. The Hall–Kier alpha value is -2.59. The van der Waals surface area contributed by atoms with Crippen LogP contribution in [0.5, 0.6) is 0 Å². The number of aromatic nitrogens is 1. The van der Waals surface area contributed by atoms with Gasteiger partial charge in [-0.25, -0.2) is 4.99 Å². The number of nitrogens with zero attached hydrogens (tertiary/aromatic N) is 2. The minimum absolute atomic E-state index is 0.145. The number of para-hydroxylation sites is 2. The molecule has 26 heavy (non-hydrogen) atoms. The van der Waals surface area contributed by atoms with E-state index in [1.807, 2.05) is 7.05 Å². The molecule has 0 unspecified atom stereocenters. The summed E-state index contributed by atoms with van der Waals surface area (Å²) in [5, 5.41) is 4.66. The second-order valence-electron chi connectivity index (χ2n) is 7.41. The van der Waals surface area contributed by atoms with E-state index in [4.69, 9.17) is 4.99 Å². The number of nitrogens with one attached hydrogen (secondary N) is 2. The van der Waals surface area contributed by atoms with Gasteiger partial charge in [0.1, 0.15) is 5.84 Å². The maximum absolute atomic E-state index is 5.04. The zero-order valence-electron chi connectivity index (χ0n) is 15.3. The lowest BCUT2D eigenvalue weighted by atomic mass is 9.75. The summed E-state index contributed by atoms with van der Waals surface area (Å²) in [5.74, 6) is 1.19. The summed E-state index contributed by atoms with van der Waals surface area (Å²) >= 11 is 0. The highest BCUT2D eigenvalue weighted by Crippen LogP contribution is 2.52. The zero-order chi connectivity index (χ0) is 17.7. The van der Waals surface area contributed by atoms with Crippen LogP contribution in [-0.4, -0.2) is 42.9 Å². The zero-order valence-corrected chi connectivity index (χ0v) is 15.3. The maximum Gasteiger partial charge on any atom is 0.121 e. The van der Waals surface area contributed by atoms with Crippen molar-refractivity contribution in [1.29, 1.82) is 0 Å². The summed E-state index contributed by atoms with van der Waals surface area (Å²) in [4.78, 5) is 11.2. The van der Waals surface area contributed by atoms with Crippen LogP contribution < -0.4 is 5.32 Å². The molecule has 2 aliphatic rings. The molecule has 1 atom stereocenters. The third-order valence-corrected chi connectivity index (χ3v) is 6.02. The number of hydrogen-bond donors (Lipinski definition) is 2. The molecule has 0 bridgehead atoms. The van der Waals surface area contributed by atoms with Gasteiger partial charge in [-0.15, -0.1) is 0 Å². The van der Waals surface area contributed by atoms with Gasteiger partial charge in [-0.2, -0.15) is 0 Å². The lowest BCUT2D eigenvalue weighted by Crippen LogP contribution is -2.36. The number of benzene rings is 2. The molecule has 3 aromatic rings. The maximum atomic E-state index is 5.04. The van der Waals surface area contributed by atoms with Gasteiger partial charge in [-0.05, 0) is 49.7 Å². The SMILES string of the molecule is CNCCc1c([C@]23CCN(C)C2=Nc2ccccc23)[nH]c2ccccc12. The van der Waals surface area contributed by atoms with Crippen molar-refractivity contribution >= 4 is 22.4 Å². The number of rotatable bonds is 4. The molecule has 0 radical (unpaired) electrons. The molecule has 0 spiro atoms. The molecule has 4 nitrogen and oxygen atoms in total. The molecule has 0 aliphatic carbocycles. The fourth-order valence-electron chi connectivity index (χ4n) is 4.81. The van der Waals surface area contributed by atoms with Crippen LogP contribution in [0.15, 0.2) is 53.5 Å². The lowest BCUT2D eigenvalue weighted by Gasteiger charge is -2.28. The summed E-state index contributed by atoms with van der Waals surface area (Å²) < 4.78 is 0. The van der Waals surface area contributed by atoms with Gasteiger partial charge in [0.2, 0.25) is 0 Å². The fraction of sp³-hybridized carbons (Fsp3) is 0.318. The van der Waals surface area contributed by atoms with Crippen LogP contribution in [0.1, 0.15) is 23.2 Å². The molecule has 132 valence electrons. The van der Waals surface area contributed by atoms with Crippen LogP contribution in [0.4, 0.5) is 5.69 Å². The number of likely N-dealkylation sites (N-methyl/N-ethyl adjacent to an activating group) is 2. The van der Waals surface area contributed by atoms with Gasteiger partial charge in [0.25, 0.3) is 0 Å². The Morgan fingerprint density at radius 3 is 2.85 bits per heavy atom. The molecule has 1 fully saturated rings. The van der Waals surface area contributed by atoms with E-state index in [0.29, 0.717) is 0 Å². The predicted octanol–water partition coefficient (Wildman–Crippen LogP) is 3.60. The summed E-state index contributed by atoms with van der Waals surface area (Å²) in [5.41, 5.74) is 6.30. The second-order valence-corrected chi connectivity index (χ2v) is 7.41. The predicted molar refractivity (Wildman–Crippen MR) is 107 cm³/mol. The van der Waals surface area contributed by atoms with E-state index in [-0.39, 0.29) is 5.41 Å². The van der Waals surface area contributed by atoms with Crippen molar-refractivity contribution < 1.29 is 0 Å². The number of likely N-dealkylation sites (tertiary alicyclic amines) is 1. The molecule has 4 heteroatoms. The number of aromatic amines is 1. The molecule has 3 heterocycles. The van der Waals surface area contributed by atoms with E-state index in [9.17, 15) is 0 Å². The third kappa shape index (κ3) is 1.96. The molecule has 1 aromatic heterocycles. The summed E-state index contributed by atoms with van der Waals surface area (Å²) in [7, 11) is 4.19. The van der Waals surface area contributed by atoms with E-state index in [1.165, 1.54) is 33.6 Å². The quantitative estimate of drug-likeness (QED) is 0.759. The van der Waals surface area contributed by atoms with Crippen LogP contribution in [-0.2, 0) is 11.8 Å². The molecule has 2 aromatic carbocycles. The minimum Gasteiger partial charge on any atom is -0.362 e. The Morgan fingerprint density at radius 1 is 1.15 bits per heavy atom. The smallest absolute Gasteiger partial charge is 0.121 e. The molecular weight excluding hydrogens is 320 g/mol. The molecular formula is C22H24N4. The average molecular weight is 344 g/mol. The minimum atomic E-state index is -0.145. The van der Waals surface area contributed by atoms with Crippen molar-refractivity contribution in [3.05, 3.63) is 65.4 Å². The van der Waals surface area contributed by atoms with E-state index in [0.717, 1.165) is 31.6 Å². The first-order chi connectivity index (χ1) is 12.8. The van der Waals surface area contributed by atoms with Gasteiger partial charge in [-0.3, -0.25) is 0 Å². The summed E-state index contributed by atoms with van der Waals surface area (Å²) in [6.45, 7) is 2.00. The van der Waals surface area contributed by atoms with E-state index >= 15 is 0 Å². The molecule has 2 aliphatic heterocycles. The Bertz CT molecular complexity index is 1020. The van der Waals surface area contributed by atoms with E-state index in [1.54, 1.807) is 0 Å². The van der Waals surface area contributed by atoms with Gasteiger partial charge in [0, 0.05) is 30.2 Å². The van der Waals surface area contributed by atoms with Gasteiger partial charge >= 0.3 is 0 Å². The second kappa shape index (κ2) is 5.71. The monoisotopic (exact) mass is 344 g/mol. The molecule has 0 amide bonds. The van der Waals surface area contributed by atoms with Gasteiger partial charge in [0.05, 0.1) is 11.1 Å². The standard InChI is InChI=1S/C22H24N4/c1-23-13-11-16-15-7-3-5-9-18(15)24-20(16)22-12-14-26(2)21(22)25-19-10-6-4-8-17(19)22/h3-10,23-24H,11-14H2,1-2H3/t22-/m1/s1. The van der Waals surface area contributed by atoms with Crippen molar-refractivity contribution in [2.24, 2.45) is 4.99 Å². The van der Waals surface area contributed by atoms with Gasteiger partial charge in [-0.1, -0.05) is 36.4 Å². The number of H-pyrrole nitrogens is 1. The highest BCUT2D eigenvalue weighted by molar-refractivity contribution is 6.05. The lowest BCUT2D eigenvalue weighted by molar-refractivity contribution is 0.542. The van der Waals surface area contributed by atoms with Crippen LogP contribution in [0.3, 0.4) is 0 Å². The van der Waals surface area contributed by atoms with E-state index in [2.05, 4.69) is 70.8 Å². The normalized spacial score (nSPS) is 21.2. The molecule has 0 saturated carbocycles. The Balaban J connectivity index is 1.80. The highest BCUT2D eigenvalue weighted by atomic mass is 15.2. The van der Waals surface area contributed by atoms with E-state index < -0.39 is 0 Å². The highest BCUT2D eigenvalue weighted by Gasteiger charge is 2.52. The topological polar surface area (TPSA) is 43.4 Å². The van der Waals surface area contributed by atoms with Crippen LogP contribution >= 0.6 is 0 Å². The van der Waals surface area contributed by atoms with Crippen molar-refractivity contribution in [2.75, 3.05) is 27.2 Å². The van der Waals surface area contributed by atoms with Crippen molar-refractivity contribution in [2.45, 2.75) is 18.3 Å². The van der Waals surface area contributed by atoms with Crippen LogP contribution in [0.25, 0.3) is 10.9 Å². The summed E-state index contributed by atoms with van der Waals surface area (Å²) in [6, 6.07) is 17.3. The largest absolute Gasteiger partial charge is 0.362 e. The first-order valence-electron chi connectivity index (χ1n) is 9.40. The Kier molecular flexibility index (Phi) is 3.44. The Labute approximate surface area is 153 Å². The number of fused-ring (bicyclic) bond motifs is 4. The van der Waals surface area contributed by atoms with Crippen molar-refractivity contribution in [3.8, 4) is 0 Å². The molecule has 1 saturated heterocycles. The van der Waals surface area contributed by atoms with Gasteiger partial charge in [0.15, 0.2) is 0 Å². The summed E-state index contributed by atoms with van der Waals surface area (Å²) in [6.07, 6.45) is 2.08. The molecule has 2 N–H and O–H groups in total. The first kappa shape index (κ1) is 15.6. The van der Waals surface area contributed by atoms with Gasteiger partial charge < -0.3 is 15.2 Å². The first-order valence-corrected chi connectivity index (χ1v) is 9.40. The van der Waals surface area contributed by atoms with Crippen LogP contribution in [0.2, 0.25) is 0 Å². The average Bonchev–Trinajstić information content (AvgIpc) is 3.30. The molecule has 5 rings (SSSR count). The third-order valence-electron chi connectivity index (χ3n) is 6.02. The number of aliphatic imine (C=N–C) groups is 1. The van der Waals surface area contributed by atoms with Crippen molar-refractivity contribution in [3.63, 3.8) is 0 Å². The number of amidine groups is 1.